The average Bonchev–Trinajstić information content (AvgIpc) is 3.67. The molecule has 2 nitrogen and oxygen atoms in total. The molecule has 0 N–H and O–H groups in total. The Hall–Kier alpha value is -1.88. The Morgan fingerprint density at radius 1 is 0.933 bits per heavy atom. The van der Waals surface area contributed by atoms with Gasteiger partial charge in [0.05, 0.1) is 0 Å². The number of allylic oxidation sites excluding steroid dienone is 7. The molecule has 2 heterocycles. The van der Waals surface area contributed by atoms with Crippen molar-refractivity contribution >= 4 is 41.1 Å². The predicted octanol–water partition coefficient (Wildman–Crippen LogP) is 7.43. The van der Waals surface area contributed by atoms with E-state index in [0.717, 1.165) is 70.7 Å². The number of nitrogens with zero attached hydrogens (tertiary/aromatic N) is 2. The molecule has 0 radical (unpaired) electrons. The van der Waals surface area contributed by atoms with Crippen LogP contribution in [0.3, 0.4) is 0 Å². The number of anilines is 2. The molecule has 45 heavy (non-hydrogen) atoms. The van der Waals surface area contributed by atoms with Gasteiger partial charge in [-0.15, -0.1) is 0 Å². The third kappa shape index (κ3) is 7.34. The third-order valence-electron chi connectivity index (χ3n) is 8.05. The second kappa shape index (κ2) is 15.8. The fourth-order valence-corrected chi connectivity index (χ4v) is 7.74. The van der Waals surface area contributed by atoms with Gasteiger partial charge in [-0.3, -0.25) is 0 Å². The normalized spacial score (nSPS) is 21.2. The van der Waals surface area contributed by atoms with Crippen LogP contribution in [0.1, 0.15) is 36.0 Å². The summed E-state index contributed by atoms with van der Waals surface area (Å²) in [5, 5.41) is 0. The van der Waals surface area contributed by atoms with Gasteiger partial charge in [-0.05, 0) is 0 Å². The molecule has 3 aliphatic rings. The molecule has 6 rings (SSSR count). The van der Waals surface area contributed by atoms with Crippen molar-refractivity contribution in [1.29, 1.82) is 0 Å². The summed E-state index contributed by atoms with van der Waals surface area (Å²) in [5.74, 6) is 0.794. The SMILES string of the molecule is [CH-]=CC=C1[C](=[V])N([C-]=CC=C2[C](=[V])N([C](=[V+2])[C-]=C(C=[C-]C3CCCC3[CH2-])c3[c-]cccc3)c3ccccc32)c2ccccc21.[U+2]. The van der Waals surface area contributed by atoms with Crippen LogP contribution in [0.25, 0.3) is 16.7 Å². The Balaban J connectivity index is 0.00000400. The predicted molar refractivity (Wildman–Crippen MR) is 171 cm³/mol. The van der Waals surface area contributed by atoms with Gasteiger partial charge >= 0.3 is 322 Å². The molecule has 215 valence electrons. The van der Waals surface area contributed by atoms with E-state index in [1.165, 1.54) is 6.42 Å². The molecule has 1 aliphatic carbocycles. The minimum Gasteiger partial charge on any atom is 2.00 e. The van der Waals surface area contributed by atoms with E-state index in [9.17, 15) is 0 Å². The van der Waals surface area contributed by atoms with Crippen molar-refractivity contribution in [3.05, 3.63) is 158 Å². The number of rotatable bonds is 8. The summed E-state index contributed by atoms with van der Waals surface area (Å²) in [6, 6.07) is 28.2. The first-order valence-electron chi connectivity index (χ1n) is 14.5. The van der Waals surface area contributed by atoms with Gasteiger partial charge in [-0.25, -0.2) is 0 Å². The maximum atomic E-state index is 5.76. The second-order valence-electron chi connectivity index (χ2n) is 10.7. The first-order chi connectivity index (χ1) is 21.5. The van der Waals surface area contributed by atoms with E-state index in [1.54, 1.807) is 6.08 Å². The fraction of sp³-hybridized carbons (Fsp3) is 0.128. The summed E-state index contributed by atoms with van der Waals surface area (Å²) >= 11 is 8.11. The van der Waals surface area contributed by atoms with Gasteiger partial charge < -0.3 is 0 Å². The van der Waals surface area contributed by atoms with Crippen molar-refractivity contribution in [1.82, 2.24) is 0 Å². The first kappa shape index (κ1) is 34.4. The van der Waals surface area contributed by atoms with Crippen molar-refractivity contribution in [3.8, 4) is 0 Å². The molecule has 2 atom stereocenters. The van der Waals surface area contributed by atoms with E-state index >= 15 is 0 Å². The van der Waals surface area contributed by atoms with E-state index in [1.807, 2.05) is 42.5 Å². The summed E-state index contributed by atoms with van der Waals surface area (Å²) in [7, 11) is 0. The number of benzene rings is 3. The van der Waals surface area contributed by atoms with Crippen LogP contribution < -0.4 is 9.80 Å². The van der Waals surface area contributed by atoms with E-state index in [-0.39, 0.29) is 31.1 Å². The van der Waals surface area contributed by atoms with Gasteiger partial charge in [0.15, 0.2) is 0 Å². The van der Waals surface area contributed by atoms with Crippen molar-refractivity contribution in [2.45, 2.75) is 19.3 Å². The van der Waals surface area contributed by atoms with Crippen LogP contribution in [0, 0.1) is 80.9 Å². The van der Waals surface area contributed by atoms with E-state index in [2.05, 4.69) is 147 Å². The fourth-order valence-electron chi connectivity index (χ4n) is 5.83. The Morgan fingerprint density at radius 3 is 2.31 bits per heavy atom. The largest absolute Gasteiger partial charge is 2.00 e. The standard InChI is InChI=1S/C39H28N2.U.3V/c1-3-13-34-28-40(38-21-9-7-19-36(34)38)26-12-18-35-29-41(39-22-10-8-20-37(35)39)27-25-33(32-15-5-4-6-16-32)24-23-31-17-11-14-30(31)2;;;;/h1,3-10,12-13,15,18-22,24,30-31H,2,11,14,17H2;;;;/q-6;+2;;;+2. The van der Waals surface area contributed by atoms with Crippen molar-refractivity contribution in [2.24, 2.45) is 11.8 Å². The molecule has 0 bridgehead atoms. The maximum absolute atomic E-state index is 5.76. The number of hydrogen-bond donors (Lipinski definition) is 0. The zero-order valence-electron chi connectivity index (χ0n) is 24.6. The molecule has 0 amide bonds. The minimum absolute atomic E-state index is 0. The van der Waals surface area contributed by atoms with Gasteiger partial charge in [0.2, 0.25) is 0 Å². The molecule has 0 spiro atoms. The monoisotopic (exact) mass is 915 g/mol. The summed E-state index contributed by atoms with van der Waals surface area (Å²) in [5.41, 5.74) is 8.63. The average molecular weight is 916 g/mol. The molecule has 3 aromatic carbocycles. The van der Waals surface area contributed by atoms with Crippen LogP contribution in [-0.2, 0) is 50.9 Å². The van der Waals surface area contributed by atoms with Gasteiger partial charge in [0.1, 0.15) is 0 Å². The molecule has 3 aromatic rings. The molecule has 2 aliphatic heterocycles. The molecule has 2 unspecified atom stereocenters. The minimum atomic E-state index is 0. The van der Waals surface area contributed by atoms with Crippen LogP contribution in [0.4, 0.5) is 11.4 Å². The van der Waals surface area contributed by atoms with Crippen LogP contribution in [0.15, 0.2) is 103 Å². The summed E-state index contributed by atoms with van der Waals surface area (Å²) < 4.78 is 3.02. The van der Waals surface area contributed by atoms with Crippen molar-refractivity contribution in [2.75, 3.05) is 9.80 Å². The third-order valence-corrected chi connectivity index (χ3v) is 9.91. The molecule has 0 saturated heterocycles. The van der Waals surface area contributed by atoms with Crippen LogP contribution in [0.5, 0.6) is 0 Å². The van der Waals surface area contributed by atoms with E-state index in [0.29, 0.717) is 11.8 Å². The number of para-hydroxylation sites is 2. The van der Waals surface area contributed by atoms with E-state index in [4.69, 9.17) is 6.58 Å². The van der Waals surface area contributed by atoms with Crippen molar-refractivity contribution < 1.29 is 82.0 Å². The molecule has 1 fully saturated rings. The Labute approximate surface area is 318 Å². The smallest absolute Gasteiger partial charge is 2.00 e. The van der Waals surface area contributed by atoms with Gasteiger partial charge in [-0.2, -0.15) is 0 Å². The van der Waals surface area contributed by atoms with Gasteiger partial charge in [-0.1, -0.05) is 0 Å². The van der Waals surface area contributed by atoms with Gasteiger partial charge in [0, 0.05) is 0 Å². The zero-order chi connectivity index (χ0) is 30.6. The Kier molecular flexibility index (Phi) is 12.1. The van der Waals surface area contributed by atoms with Crippen molar-refractivity contribution in [3.63, 3.8) is 0 Å². The maximum Gasteiger partial charge on any atom is 2.00 e. The quantitative estimate of drug-likeness (QED) is 0.172. The van der Waals surface area contributed by atoms with Crippen LogP contribution in [0.2, 0.25) is 0 Å². The zero-order valence-corrected chi connectivity index (χ0v) is 33.0. The van der Waals surface area contributed by atoms with E-state index < -0.39 is 0 Å². The molecular weight excluding hydrogens is 887 g/mol. The molecule has 0 aromatic heterocycles. The second-order valence-corrected chi connectivity index (χ2v) is 12.7. The summed E-state index contributed by atoms with van der Waals surface area (Å²) in [6.07, 6.45) is 24.1. The molecule has 1 saturated carbocycles. The Morgan fingerprint density at radius 2 is 1.62 bits per heavy atom. The van der Waals surface area contributed by atoms with Crippen LogP contribution in [-0.4, -0.2) is 13.1 Å². The molecular formula is C39H28N2UV3-2. The number of fused-ring (bicyclic) bond motifs is 2. The number of hydrogen-bond acceptors (Lipinski definition) is 2. The topological polar surface area (TPSA) is 6.48 Å². The Bertz CT molecular complexity index is 1800. The summed E-state index contributed by atoms with van der Waals surface area (Å²) in [6.45, 7) is 10.1. The first-order valence-corrected chi connectivity index (χ1v) is 16.6. The molecule has 6 heteroatoms. The van der Waals surface area contributed by atoms with Gasteiger partial charge in [0.25, 0.3) is 0 Å². The van der Waals surface area contributed by atoms with Crippen LogP contribution >= 0.6 is 0 Å². The summed E-state index contributed by atoms with van der Waals surface area (Å²) in [4.78, 5) is 4.31.